The van der Waals surface area contributed by atoms with Crippen molar-refractivity contribution in [1.82, 2.24) is 4.90 Å². The Labute approximate surface area is 95.9 Å². The van der Waals surface area contributed by atoms with Gasteiger partial charge < -0.3 is 15.4 Å². The minimum atomic E-state index is -0.537. The van der Waals surface area contributed by atoms with Gasteiger partial charge in [0.2, 0.25) is 5.91 Å². The average Bonchev–Trinajstić information content (AvgIpc) is 2.74. The van der Waals surface area contributed by atoms with Crippen molar-refractivity contribution in [2.75, 3.05) is 13.7 Å². The Kier molecular flexibility index (Phi) is 4.29. The van der Waals surface area contributed by atoms with Crippen LogP contribution in [0.5, 0.6) is 0 Å². The molecule has 0 spiro atoms. The first-order valence-electron chi connectivity index (χ1n) is 5.63. The van der Waals surface area contributed by atoms with E-state index >= 15 is 0 Å². The Bertz CT molecular complexity index is 278. The van der Waals surface area contributed by atoms with Gasteiger partial charge in [0.25, 0.3) is 0 Å². The first kappa shape index (κ1) is 13.0. The Hall–Kier alpha value is -1.10. The maximum Gasteiger partial charge on any atom is 0.328 e. The molecule has 1 amide bonds. The summed E-state index contributed by atoms with van der Waals surface area (Å²) in [6.45, 7) is 4.39. The summed E-state index contributed by atoms with van der Waals surface area (Å²) < 4.78 is 4.68. The van der Waals surface area contributed by atoms with Crippen LogP contribution in [0.2, 0.25) is 0 Å². The Morgan fingerprint density at radius 3 is 2.56 bits per heavy atom. The summed E-state index contributed by atoms with van der Waals surface area (Å²) in [6.07, 6.45) is 1.50. The third-order valence-corrected chi connectivity index (χ3v) is 3.01. The lowest BCUT2D eigenvalue weighted by molar-refractivity contribution is -0.151. The largest absolute Gasteiger partial charge is 0.467 e. The van der Waals surface area contributed by atoms with Crippen LogP contribution in [0.25, 0.3) is 0 Å². The molecular weight excluding hydrogens is 208 g/mol. The van der Waals surface area contributed by atoms with Gasteiger partial charge in [-0.3, -0.25) is 4.79 Å². The molecule has 1 heterocycles. The lowest BCUT2D eigenvalue weighted by atomic mass is 10.0. The summed E-state index contributed by atoms with van der Waals surface area (Å²) in [5.41, 5.74) is 5.80. The number of esters is 1. The van der Waals surface area contributed by atoms with Crippen molar-refractivity contribution < 1.29 is 14.3 Å². The Morgan fingerprint density at radius 2 is 2.06 bits per heavy atom. The lowest BCUT2D eigenvalue weighted by Gasteiger charge is -2.27. The molecule has 1 aliphatic rings. The van der Waals surface area contributed by atoms with Crippen LogP contribution in [0, 0.1) is 5.92 Å². The van der Waals surface area contributed by atoms with Crippen LogP contribution in [-0.2, 0) is 14.3 Å². The number of rotatable bonds is 3. The van der Waals surface area contributed by atoms with E-state index in [1.165, 1.54) is 7.11 Å². The molecule has 0 aromatic heterocycles. The molecule has 2 N–H and O–H groups in total. The van der Waals surface area contributed by atoms with E-state index in [-0.39, 0.29) is 17.8 Å². The predicted octanol–water partition coefficient (Wildman–Crippen LogP) is 0.134. The Morgan fingerprint density at radius 1 is 1.44 bits per heavy atom. The molecule has 1 unspecified atom stereocenters. The highest BCUT2D eigenvalue weighted by molar-refractivity contribution is 5.88. The van der Waals surface area contributed by atoms with Crippen molar-refractivity contribution in [3.05, 3.63) is 0 Å². The molecule has 1 aliphatic heterocycles. The first-order chi connectivity index (χ1) is 7.49. The zero-order valence-electron chi connectivity index (χ0n) is 10.1. The van der Waals surface area contributed by atoms with E-state index in [9.17, 15) is 9.59 Å². The molecule has 1 saturated heterocycles. The zero-order chi connectivity index (χ0) is 12.3. The van der Waals surface area contributed by atoms with Crippen LogP contribution in [0.4, 0.5) is 0 Å². The lowest BCUT2D eigenvalue weighted by Crippen LogP contribution is -2.50. The average molecular weight is 228 g/mol. The molecule has 1 fully saturated rings. The van der Waals surface area contributed by atoms with Gasteiger partial charge in [0, 0.05) is 6.54 Å². The normalized spacial score (nSPS) is 22.3. The number of hydrogen-bond acceptors (Lipinski definition) is 4. The second-order valence-electron chi connectivity index (χ2n) is 4.48. The molecule has 16 heavy (non-hydrogen) atoms. The molecule has 0 bridgehead atoms. The molecule has 0 radical (unpaired) electrons. The van der Waals surface area contributed by atoms with Gasteiger partial charge in [0.15, 0.2) is 0 Å². The fourth-order valence-electron chi connectivity index (χ4n) is 1.89. The standard InChI is InChI=1S/C11H20N2O3/c1-7(2)9(12)10(14)13-6-4-5-8(13)11(15)16-3/h7-9H,4-6,12H2,1-3H3/t8?,9-/m0/s1. The monoisotopic (exact) mass is 228 g/mol. The smallest absolute Gasteiger partial charge is 0.328 e. The highest BCUT2D eigenvalue weighted by Crippen LogP contribution is 2.20. The van der Waals surface area contributed by atoms with E-state index in [1.54, 1.807) is 4.90 Å². The highest BCUT2D eigenvalue weighted by atomic mass is 16.5. The van der Waals surface area contributed by atoms with Crippen molar-refractivity contribution in [2.45, 2.75) is 38.8 Å². The van der Waals surface area contributed by atoms with Crippen molar-refractivity contribution >= 4 is 11.9 Å². The van der Waals surface area contributed by atoms with Crippen molar-refractivity contribution in [1.29, 1.82) is 0 Å². The molecular formula is C11H20N2O3. The van der Waals surface area contributed by atoms with E-state index in [4.69, 9.17) is 5.73 Å². The topological polar surface area (TPSA) is 72.6 Å². The van der Waals surface area contributed by atoms with Crippen LogP contribution < -0.4 is 5.73 Å². The van der Waals surface area contributed by atoms with Crippen molar-refractivity contribution in [3.63, 3.8) is 0 Å². The molecule has 0 aliphatic carbocycles. The molecule has 0 saturated carbocycles. The second-order valence-corrected chi connectivity index (χ2v) is 4.48. The van der Waals surface area contributed by atoms with Crippen LogP contribution >= 0.6 is 0 Å². The number of carbonyl (C=O) groups excluding carboxylic acids is 2. The number of nitrogens with zero attached hydrogens (tertiary/aromatic N) is 1. The zero-order valence-corrected chi connectivity index (χ0v) is 10.1. The third kappa shape index (κ3) is 2.52. The second kappa shape index (κ2) is 5.30. The Balaban J connectivity index is 2.71. The van der Waals surface area contributed by atoms with Gasteiger partial charge in [0.1, 0.15) is 6.04 Å². The summed E-state index contributed by atoms with van der Waals surface area (Å²) in [5.74, 6) is -0.420. The fraction of sp³-hybridized carbons (Fsp3) is 0.818. The van der Waals surface area contributed by atoms with Gasteiger partial charge in [-0.25, -0.2) is 4.79 Å². The summed E-state index contributed by atoms with van der Waals surface area (Å²) in [4.78, 5) is 25.0. The molecule has 5 heteroatoms. The van der Waals surface area contributed by atoms with Crippen LogP contribution in [0.1, 0.15) is 26.7 Å². The quantitative estimate of drug-likeness (QED) is 0.697. The number of ether oxygens (including phenoxy) is 1. The molecule has 0 aromatic carbocycles. The van der Waals surface area contributed by atoms with E-state index in [1.807, 2.05) is 13.8 Å². The first-order valence-corrected chi connectivity index (χ1v) is 5.63. The van der Waals surface area contributed by atoms with Gasteiger partial charge >= 0.3 is 5.97 Å². The van der Waals surface area contributed by atoms with Gasteiger partial charge in [0.05, 0.1) is 13.2 Å². The minimum Gasteiger partial charge on any atom is -0.467 e. The van der Waals surface area contributed by atoms with Gasteiger partial charge in [-0.05, 0) is 18.8 Å². The van der Waals surface area contributed by atoms with E-state index < -0.39 is 12.1 Å². The van der Waals surface area contributed by atoms with Crippen molar-refractivity contribution in [3.8, 4) is 0 Å². The van der Waals surface area contributed by atoms with Crippen LogP contribution in [0.15, 0.2) is 0 Å². The predicted molar refractivity (Wildman–Crippen MR) is 59.6 cm³/mol. The summed E-state index contributed by atoms with van der Waals surface area (Å²) in [6, 6.07) is -0.979. The molecule has 2 atom stereocenters. The van der Waals surface area contributed by atoms with Crippen LogP contribution in [0.3, 0.4) is 0 Å². The van der Waals surface area contributed by atoms with Crippen LogP contribution in [-0.4, -0.2) is 42.5 Å². The molecule has 5 nitrogen and oxygen atoms in total. The maximum atomic E-state index is 12.0. The SMILES string of the molecule is COC(=O)C1CCCN1C(=O)[C@@H](N)C(C)C. The van der Waals surface area contributed by atoms with E-state index in [2.05, 4.69) is 4.74 Å². The number of nitrogens with two attached hydrogens (primary N) is 1. The summed E-state index contributed by atoms with van der Waals surface area (Å²) in [5, 5.41) is 0. The minimum absolute atomic E-state index is 0.0754. The number of amides is 1. The highest BCUT2D eigenvalue weighted by Gasteiger charge is 2.37. The third-order valence-electron chi connectivity index (χ3n) is 3.01. The fourth-order valence-corrected chi connectivity index (χ4v) is 1.89. The van der Waals surface area contributed by atoms with Gasteiger partial charge in [-0.1, -0.05) is 13.8 Å². The molecule has 92 valence electrons. The summed E-state index contributed by atoms with van der Waals surface area (Å²) >= 11 is 0. The molecule has 1 rings (SSSR count). The van der Waals surface area contributed by atoms with E-state index in [0.29, 0.717) is 13.0 Å². The van der Waals surface area contributed by atoms with E-state index in [0.717, 1.165) is 6.42 Å². The summed E-state index contributed by atoms with van der Waals surface area (Å²) in [7, 11) is 1.34. The molecule has 0 aromatic rings. The maximum absolute atomic E-state index is 12.0. The number of likely N-dealkylation sites (tertiary alicyclic amines) is 1. The van der Waals surface area contributed by atoms with Gasteiger partial charge in [-0.2, -0.15) is 0 Å². The number of methoxy groups -OCH3 is 1. The number of carbonyl (C=O) groups is 2. The van der Waals surface area contributed by atoms with Crippen molar-refractivity contribution in [2.24, 2.45) is 11.7 Å². The number of hydrogen-bond donors (Lipinski definition) is 1. The van der Waals surface area contributed by atoms with Gasteiger partial charge in [-0.15, -0.1) is 0 Å².